The van der Waals surface area contributed by atoms with Gasteiger partial charge in [0.1, 0.15) is 0 Å². The van der Waals surface area contributed by atoms with Crippen molar-refractivity contribution in [3.8, 4) is 33.4 Å². The Balaban J connectivity index is 1.07. The Labute approximate surface area is 332 Å². The van der Waals surface area contributed by atoms with Crippen molar-refractivity contribution in [2.24, 2.45) is 11.8 Å². The maximum Gasteiger partial charge on any atom is 0.0361 e. The van der Waals surface area contributed by atoms with Crippen LogP contribution in [0.1, 0.15) is 30.5 Å². The van der Waals surface area contributed by atoms with Crippen LogP contribution in [-0.4, -0.2) is 0 Å². The summed E-state index contributed by atoms with van der Waals surface area (Å²) in [6.07, 6.45) is 15.9. The molecule has 8 aromatic rings. The Morgan fingerprint density at radius 1 is 0.464 bits per heavy atom. The van der Waals surface area contributed by atoms with Gasteiger partial charge in [0.25, 0.3) is 0 Å². The van der Waals surface area contributed by atoms with Crippen LogP contribution in [0.3, 0.4) is 0 Å². The third-order valence-corrected chi connectivity index (χ3v) is 13.6. The minimum Gasteiger partial charge on any atom is -0.135 e. The zero-order chi connectivity index (χ0) is 37.4. The molecule has 0 bridgehead atoms. The highest BCUT2D eigenvalue weighted by atomic mass is 32.1. The summed E-state index contributed by atoms with van der Waals surface area (Å²) in [4.78, 5) is 0. The molecule has 0 radical (unpaired) electrons. The molecule has 0 nitrogen and oxygen atoms in total. The second-order valence-electron chi connectivity index (χ2n) is 15.9. The number of fused-ring (bicyclic) bond motifs is 11. The zero-order valence-electron chi connectivity index (χ0n) is 31.5. The zero-order valence-corrected chi connectivity index (χ0v) is 32.4. The Kier molecular flexibility index (Phi) is 7.63. The molecule has 1 heterocycles. The Morgan fingerprint density at radius 2 is 1.16 bits per heavy atom. The first-order chi connectivity index (χ1) is 27.5. The van der Waals surface area contributed by atoms with Gasteiger partial charge in [0.15, 0.2) is 0 Å². The molecule has 0 N–H and O–H groups in total. The maximum atomic E-state index is 2.45. The van der Waals surface area contributed by atoms with Crippen LogP contribution in [0.25, 0.3) is 80.7 Å². The van der Waals surface area contributed by atoms with Gasteiger partial charge in [-0.25, -0.2) is 0 Å². The monoisotopic (exact) mass is 732 g/mol. The molecule has 0 amide bonds. The fraction of sp³-hybridized carbons (Fsp3) is 0.0909. The quantitative estimate of drug-likeness (QED) is 0.170. The van der Waals surface area contributed by atoms with Crippen molar-refractivity contribution in [2.75, 3.05) is 0 Å². The van der Waals surface area contributed by atoms with Crippen LogP contribution in [0.4, 0.5) is 0 Å². The fourth-order valence-electron chi connectivity index (χ4n) is 9.85. The predicted molar refractivity (Wildman–Crippen MR) is 243 cm³/mol. The third-order valence-electron chi connectivity index (χ3n) is 12.5. The summed E-state index contributed by atoms with van der Waals surface area (Å²) in [6, 6.07) is 56.8. The van der Waals surface area contributed by atoms with E-state index in [9.17, 15) is 0 Å². The molecule has 0 fully saturated rings. The second kappa shape index (κ2) is 12.9. The molecule has 1 aromatic heterocycles. The average Bonchev–Trinajstić information content (AvgIpc) is 3.74. The number of hydrogen-bond donors (Lipinski definition) is 0. The smallest absolute Gasteiger partial charge is 0.0361 e. The van der Waals surface area contributed by atoms with Gasteiger partial charge < -0.3 is 0 Å². The Bertz CT molecular complexity index is 3120. The molecule has 2 unspecified atom stereocenters. The highest BCUT2D eigenvalue weighted by Crippen LogP contribution is 2.54. The van der Waals surface area contributed by atoms with Gasteiger partial charge in [-0.1, -0.05) is 184 Å². The first-order valence-electron chi connectivity index (χ1n) is 19.8. The molecule has 56 heavy (non-hydrogen) atoms. The van der Waals surface area contributed by atoms with E-state index in [4.69, 9.17) is 0 Å². The molecule has 266 valence electrons. The van der Waals surface area contributed by atoms with Gasteiger partial charge in [0.2, 0.25) is 0 Å². The standard InChI is InChI=1S/C55H40S/c1-55(2)49-31-28-38(34-48(49)46-30-27-36-29-32-51-53(52(36)54(46)55)47-24-11-12-26-50(47)56-51)37-17-13-18-39(33-37)41-19-5-3-4-6-21-44(45-23-10-9-22-42(41)45)43-25-14-16-35-15-7-8-20-40(35)43/h3-35,40H,1-2H3. The van der Waals surface area contributed by atoms with Gasteiger partial charge in [-0.15, -0.1) is 11.3 Å². The van der Waals surface area contributed by atoms with E-state index in [1.165, 1.54) is 97.4 Å². The number of allylic oxidation sites excluding steroid dienone is 8. The summed E-state index contributed by atoms with van der Waals surface area (Å²) in [5, 5.41) is 7.98. The fourth-order valence-corrected chi connectivity index (χ4v) is 11.0. The van der Waals surface area contributed by atoms with Crippen LogP contribution in [0, 0.1) is 11.8 Å². The lowest BCUT2D eigenvalue weighted by Gasteiger charge is -2.27. The summed E-state index contributed by atoms with van der Waals surface area (Å²) >= 11 is 1.91. The highest BCUT2D eigenvalue weighted by molar-refractivity contribution is 7.26. The van der Waals surface area contributed by atoms with E-state index in [2.05, 4.69) is 208 Å². The normalized spacial score (nSPS) is 17.5. The van der Waals surface area contributed by atoms with Gasteiger partial charge in [0, 0.05) is 37.4 Å². The molecular formula is C55H40S. The average molecular weight is 733 g/mol. The molecule has 0 saturated carbocycles. The number of rotatable bonds is 3. The summed E-state index contributed by atoms with van der Waals surface area (Å²) in [5.74, 6) is 0.689. The molecule has 1 heteroatoms. The summed E-state index contributed by atoms with van der Waals surface area (Å²) in [5.41, 5.74) is 12.9. The molecular weight excluding hydrogens is 693 g/mol. The van der Waals surface area contributed by atoms with Crippen molar-refractivity contribution in [1.82, 2.24) is 0 Å². The van der Waals surface area contributed by atoms with E-state index in [0.717, 1.165) is 0 Å². The van der Waals surface area contributed by atoms with Gasteiger partial charge >= 0.3 is 0 Å². The lowest BCUT2D eigenvalue weighted by Crippen LogP contribution is -2.15. The third kappa shape index (κ3) is 5.11. The van der Waals surface area contributed by atoms with Crippen LogP contribution in [0.2, 0.25) is 0 Å². The summed E-state index contributed by atoms with van der Waals surface area (Å²) < 4.78 is 2.71. The van der Waals surface area contributed by atoms with E-state index >= 15 is 0 Å². The summed E-state index contributed by atoms with van der Waals surface area (Å²) in [7, 11) is 0. The topological polar surface area (TPSA) is 0 Å². The summed E-state index contributed by atoms with van der Waals surface area (Å²) in [6.45, 7) is 4.83. The van der Waals surface area contributed by atoms with E-state index < -0.39 is 0 Å². The molecule has 7 aromatic carbocycles. The van der Waals surface area contributed by atoms with Crippen molar-refractivity contribution in [3.63, 3.8) is 0 Å². The van der Waals surface area contributed by atoms with Crippen molar-refractivity contribution < 1.29 is 0 Å². The van der Waals surface area contributed by atoms with E-state index in [-0.39, 0.29) is 5.41 Å². The molecule has 0 aliphatic heterocycles. The van der Waals surface area contributed by atoms with Crippen LogP contribution < -0.4 is 0 Å². The first-order valence-corrected chi connectivity index (χ1v) is 20.6. The predicted octanol–water partition coefficient (Wildman–Crippen LogP) is 15.4. The lowest BCUT2D eigenvalue weighted by atomic mass is 9.76. The minimum absolute atomic E-state index is 0.133. The van der Waals surface area contributed by atoms with Crippen molar-refractivity contribution in [3.05, 3.63) is 211 Å². The van der Waals surface area contributed by atoms with Crippen LogP contribution in [0.5, 0.6) is 0 Å². The number of thiophene rings is 1. The lowest BCUT2D eigenvalue weighted by molar-refractivity contribution is 0.667. The van der Waals surface area contributed by atoms with Crippen LogP contribution >= 0.6 is 11.3 Å². The highest BCUT2D eigenvalue weighted by Gasteiger charge is 2.38. The molecule has 11 rings (SSSR count). The van der Waals surface area contributed by atoms with Gasteiger partial charge in [-0.05, 0) is 101 Å². The second-order valence-corrected chi connectivity index (χ2v) is 17.0. The Morgan fingerprint density at radius 3 is 2.04 bits per heavy atom. The minimum atomic E-state index is -0.133. The molecule has 2 atom stereocenters. The van der Waals surface area contributed by atoms with Crippen molar-refractivity contribution in [1.29, 1.82) is 0 Å². The molecule has 3 aliphatic carbocycles. The molecule has 0 saturated heterocycles. The van der Waals surface area contributed by atoms with Gasteiger partial charge in [-0.3, -0.25) is 0 Å². The molecule has 0 spiro atoms. The van der Waals surface area contributed by atoms with Crippen molar-refractivity contribution >= 4 is 58.6 Å². The van der Waals surface area contributed by atoms with Gasteiger partial charge in [-0.2, -0.15) is 0 Å². The largest absolute Gasteiger partial charge is 0.135 e. The number of benzene rings is 6. The maximum absolute atomic E-state index is 2.45. The SMILES string of the molecule is CC1(C)c2ccc(-c3cccc(-c4ccccccc(C5=CC=CC6C=CC=CC56)c5ccccc45)c3)cc2-c2ccc3ccc4sc5ccccc5c4c3c21. The van der Waals surface area contributed by atoms with Crippen LogP contribution in [0.15, 0.2) is 194 Å². The first kappa shape index (κ1) is 33.1. The van der Waals surface area contributed by atoms with E-state index in [0.29, 0.717) is 11.8 Å². The van der Waals surface area contributed by atoms with E-state index in [1.54, 1.807) is 0 Å². The molecule has 3 aliphatic rings. The van der Waals surface area contributed by atoms with Crippen LogP contribution in [-0.2, 0) is 5.41 Å². The van der Waals surface area contributed by atoms with Crippen molar-refractivity contribution in [2.45, 2.75) is 19.3 Å². The number of hydrogen-bond acceptors (Lipinski definition) is 1. The van der Waals surface area contributed by atoms with Gasteiger partial charge in [0.05, 0.1) is 0 Å². The van der Waals surface area contributed by atoms with E-state index in [1.807, 2.05) is 11.3 Å². The Hall–Kier alpha value is -6.28.